The summed E-state index contributed by atoms with van der Waals surface area (Å²) in [6.07, 6.45) is 0. The van der Waals surface area contributed by atoms with Crippen LogP contribution in [-0.2, 0) is 6.54 Å². The molecule has 0 radical (unpaired) electrons. The van der Waals surface area contributed by atoms with E-state index in [0.717, 1.165) is 23.3 Å². The molecule has 0 saturated heterocycles. The minimum Gasteiger partial charge on any atom is -0.316 e. The second-order valence-electron chi connectivity index (χ2n) is 3.81. The summed E-state index contributed by atoms with van der Waals surface area (Å²) >= 11 is 0. The molecule has 0 unspecified atom stereocenters. The zero-order valence-electron chi connectivity index (χ0n) is 9.50. The van der Waals surface area contributed by atoms with Crippen LogP contribution < -0.4 is 5.32 Å². The van der Waals surface area contributed by atoms with Gasteiger partial charge in [-0.3, -0.25) is 0 Å². The van der Waals surface area contributed by atoms with Crippen LogP contribution in [0.3, 0.4) is 0 Å². The van der Waals surface area contributed by atoms with Crippen LogP contribution in [0.2, 0.25) is 0 Å². The van der Waals surface area contributed by atoms with Crippen molar-refractivity contribution in [1.29, 1.82) is 0 Å². The monoisotopic (exact) mass is 233 g/mol. The van der Waals surface area contributed by atoms with Crippen LogP contribution in [0.15, 0.2) is 42.5 Å². The zero-order chi connectivity index (χ0) is 12.3. The topological polar surface area (TPSA) is 12.0 Å². The normalized spacial score (nSPS) is 10.5. The third kappa shape index (κ3) is 2.50. The number of hydrogen-bond donors (Lipinski definition) is 1. The Morgan fingerprint density at radius 2 is 1.76 bits per heavy atom. The summed E-state index contributed by atoms with van der Waals surface area (Å²) in [6, 6.07) is 10.9. The standard InChI is InChI=1S/C14H13F2N/c1-17-9-10-4-2-3-5-12(10)13-8-11(15)6-7-14(13)16/h2-8,17H,9H2,1H3. The molecule has 2 rings (SSSR count). The fourth-order valence-electron chi connectivity index (χ4n) is 1.83. The summed E-state index contributed by atoms with van der Waals surface area (Å²) in [4.78, 5) is 0. The lowest BCUT2D eigenvalue weighted by Crippen LogP contribution is -2.06. The summed E-state index contributed by atoms with van der Waals surface area (Å²) in [5.74, 6) is -0.837. The molecule has 88 valence electrons. The van der Waals surface area contributed by atoms with E-state index in [1.54, 1.807) is 6.07 Å². The lowest BCUT2D eigenvalue weighted by atomic mass is 9.99. The number of hydrogen-bond acceptors (Lipinski definition) is 1. The number of halogens is 2. The zero-order valence-corrected chi connectivity index (χ0v) is 9.50. The van der Waals surface area contributed by atoms with Gasteiger partial charge in [-0.2, -0.15) is 0 Å². The molecular weight excluding hydrogens is 220 g/mol. The van der Waals surface area contributed by atoms with Crippen molar-refractivity contribution < 1.29 is 8.78 Å². The predicted octanol–water partition coefficient (Wildman–Crippen LogP) is 3.35. The minimum absolute atomic E-state index is 0.302. The molecule has 2 aromatic carbocycles. The lowest BCUT2D eigenvalue weighted by Gasteiger charge is -2.10. The molecule has 0 atom stereocenters. The minimum atomic E-state index is -0.430. The second kappa shape index (κ2) is 5.06. The van der Waals surface area contributed by atoms with Crippen LogP contribution in [0.5, 0.6) is 0 Å². The Balaban J connectivity index is 2.55. The van der Waals surface area contributed by atoms with Crippen LogP contribution in [0.4, 0.5) is 8.78 Å². The van der Waals surface area contributed by atoms with Crippen molar-refractivity contribution in [2.24, 2.45) is 0 Å². The highest BCUT2D eigenvalue weighted by atomic mass is 19.1. The van der Waals surface area contributed by atoms with Crippen molar-refractivity contribution in [2.45, 2.75) is 6.54 Å². The first-order valence-electron chi connectivity index (χ1n) is 5.40. The van der Waals surface area contributed by atoms with E-state index < -0.39 is 11.6 Å². The molecule has 1 nitrogen and oxygen atoms in total. The molecule has 0 aromatic heterocycles. The van der Waals surface area contributed by atoms with Crippen molar-refractivity contribution in [3.8, 4) is 11.1 Å². The van der Waals surface area contributed by atoms with Crippen molar-refractivity contribution >= 4 is 0 Å². The van der Waals surface area contributed by atoms with Gasteiger partial charge in [0.1, 0.15) is 11.6 Å². The maximum absolute atomic E-state index is 13.7. The average Bonchev–Trinajstić information content (AvgIpc) is 2.34. The molecule has 1 N–H and O–H groups in total. The summed E-state index contributed by atoms with van der Waals surface area (Å²) in [5.41, 5.74) is 1.97. The SMILES string of the molecule is CNCc1ccccc1-c1cc(F)ccc1F. The van der Waals surface area contributed by atoms with Crippen LogP contribution in [-0.4, -0.2) is 7.05 Å². The van der Waals surface area contributed by atoms with Gasteiger partial charge in [0.25, 0.3) is 0 Å². The third-order valence-electron chi connectivity index (χ3n) is 2.60. The van der Waals surface area contributed by atoms with Gasteiger partial charge in [0.2, 0.25) is 0 Å². The molecule has 0 amide bonds. The van der Waals surface area contributed by atoms with Gasteiger partial charge >= 0.3 is 0 Å². The van der Waals surface area contributed by atoms with Gasteiger partial charge in [-0.05, 0) is 36.4 Å². The lowest BCUT2D eigenvalue weighted by molar-refractivity contribution is 0.603. The molecule has 0 saturated carbocycles. The van der Waals surface area contributed by atoms with Crippen molar-refractivity contribution in [1.82, 2.24) is 5.32 Å². The van der Waals surface area contributed by atoms with Crippen LogP contribution >= 0.6 is 0 Å². The Morgan fingerprint density at radius 3 is 2.53 bits per heavy atom. The van der Waals surface area contributed by atoms with Gasteiger partial charge in [-0.15, -0.1) is 0 Å². The van der Waals surface area contributed by atoms with E-state index in [9.17, 15) is 8.78 Å². The third-order valence-corrected chi connectivity index (χ3v) is 2.60. The summed E-state index contributed by atoms with van der Waals surface area (Å²) in [5, 5.41) is 3.01. The fourth-order valence-corrected chi connectivity index (χ4v) is 1.83. The number of benzene rings is 2. The van der Waals surface area contributed by atoms with Crippen molar-refractivity contribution in [2.75, 3.05) is 7.05 Å². The fraction of sp³-hybridized carbons (Fsp3) is 0.143. The van der Waals surface area contributed by atoms with E-state index in [2.05, 4.69) is 5.32 Å². The Hall–Kier alpha value is -1.74. The highest BCUT2D eigenvalue weighted by Crippen LogP contribution is 2.27. The molecule has 3 heteroatoms. The van der Waals surface area contributed by atoms with Crippen molar-refractivity contribution in [3.05, 3.63) is 59.7 Å². The first kappa shape index (κ1) is 11.7. The molecule has 0 heterocycles. The molecule has 2 aromatic rings. The predicted molar refractivity (Wildman–Crippen MR) is 64.6 cm³/mol. The molecule has 0 aliphatic rings. The summed E-state index contributed by atoms with van der Waals surface area (Å²) < 4.78 is 26.9. The van der Waals surface area contributed by atoms with Gasteiger partial charge in [0.05, 0.1) is 0 Å². The Labute approximate surface area is 99.1 Å². The number of nitrogens with one attached hydrogen (secondary N) is 1. The van der Waals surface area contributed by atoms with Gasteiger partial charge in [0, 0.05) is 12.1 Å². The molecule has 17 heavy (non-hydrogen) atoms. The van der Waals surface area contributed by atoms with E-state index in [0.29, 0.717) is 12.1 Å². The van der Waals surface area contributed by atoms with E-state index in [-0.39, 0.29) is 0 Å². The van der Waals surface area contributed by atoms with Crippen LogP contribution in [0.25, 0.3) is 11.1 Å². The quantitative estimate of drug-likeness (QED) is 0.857. The van der Waals surface area contributed by atoms with Crippen molar-refractivity contribution in [3.63, 3.8) is 0 Å². The van der Waals surface area contributed by atoms with E-state index >= 15 is 0 Å². The van der Waals surface area contributed by atoms with E-state index in [1.165, 1.54) is 6.07 Å². The highest BCUT2D eigenvalue weighted by Gasteiger charge is 2.09. The Bertz CT molecular complexity index is 523. The molecule has 0 aliphatic carbocycles. The van der Waals surface area contributed by atoms with Gasteiger partial charge in [-0.1, -0.05) is 24.3 Å². The molecular formula is C14H13F2N. The molecule has 0 spiro atoms. The summed E-state index contributed by atoms with van der Waals surface area (Å²) in [7, 11) is 1.82. The average molecular weight is 233 g/mol. The van der Waals surface area contributed by atoms with E-state index in [1.807, 2.05) is 25.2 Å². The number of rotatable bonds is 3. The first-order valence-corrected chi connectivity index (χ1v) is 5.40. The molecule has 0 aliphatic heterocycles. The molecule has 0 fully saturated rings. The van der Waals surface area contributed by atoms with Crippen LogP contribution in [0, 0.1) is 11.6 Å². The maximum Gasteiger partial charge on any atom is 0.131 e. The highest BCUT2D eigenvalue weighted by molar-refractivity contribution is 5.68. The molecule has 0 bridgehead atoms. The van der Waals surface area contributed by atoms with Gasteiger partial charge < -0.3 is 5.32 Å². The smallest absolute Gasteiger partial charge is 0.131 e. The first-order chi connectivity index (χ1) is 8.22. The summed E-state index contributed by atoms with van der Waals surface area (Å²) in [6.45, 7) is 0.617. The Morgan fingerprint density at radius 1 is 1.00 bits per heavy atom. The van der Waals surface area contributed by atoms with Gasteiger partial charge in [0.15, 0.2) is 0 Å². The largest absolute Gasteiger partial charge is 0.316 e. The van der Waals surface area contributed by atoms with Crippen LogP contribution in [0.1, 0.15) is 5.56 Å². The van der Waals surface area contributed by atoms with Gasteiger partial charge in [-0.25, -0.2) is 8.78 Å². The Kier molecular flexibility index (Phi) is 3.49. The van der Waals surface area contributed by atoms with E-state index in [4.69, 9.17) is 0 Å². The maximum atomic E-state index is 13.7. The second-order valence-corrected chi connectivity index (χ2v) is 3.81.